The predicted molar refractivity (Wildman–Crippen MR) is 73.3 cm³/mol. The molecule has 1 aromatic heterocycles. The maximum absolute atomic E-state index is 11.9. The number of aromatic nitrogens is 2. The van der Waals surface area contributed by atoms with Crippen molar-refractivity contribution < 1.29 is 4.79 Å². The smallest absolute Gasteiger partial charge is 0.239 e. The fourth-order valence-corrected chi connectivity index (χ4v) is 2.66. The zero-order chi connectivity index (χ0) is 14.0. The first-order valence-electron chi connectivity index (χ1n) is 6.63. The summed E-state index contributed by atoms with van der Waals surface area (Å²) in [5.41, 5.74) is 5.01. The van der Waals surface area contributed by atoms with E-state index in [1.165, 1.54) is 0 Å². The normalized spacial score (nSPS) is 18.5. The highest BCUT2D eigenvalue weighted by Crippen LogP contribution is 2.40. The Labute approximate surface area is 114 Å². The molecule has 1 aromatic rings. The summed E-state index contributed by atoms with van der Waals surface area (Å²) in [7, 11) is 5.78. The molecule has 3 N–H and O–H groups in total. The third kappa shape index (κ3) is 2.79. The minimum absolute atomic E-state index is 0.260. The van der Waals surface area contributed by atoms with E-state index >= 15 is 0 Å². The van der Waals surface area contributed by atoms with Gasteiger partial charge in [0.15, 0.2) is 0 Å². The Hall–Kier alpha value is -1.40. The average molecular weight is 265 g/mol. The molecule has 1 fully saturated rings. The average Bonchev–Trinajstić information content (AvgIpc) is 3.13. The first-order chi connectivity index (χ1) is 8.99. The largest absolute Gasteiger partial charge is 0.368 e. The summed E-state index contributed by atoms with van der Waals surface area (Å²) in [6, 6.07) is 0. The molecule has 0 radical (unpaired) electrons. The molecule has 0 spiro atoms. The van der Waals surface area contributed by atoms with Gasteiger partial charge >= 0.3 is 0 Å². The molecule has 1 aliphatic rings. The number of rotatable bonds is 7. The van der Waals surface area contributed by atoms with Crippen molar-refractivity contribution >= 4 is 5.91 Å². The molecule has 2 rings (SSSR count). The molecule has 1 saturated carbocycles. The molecular weight excluding hydrogens is 242 g/mol. The van der Waals surface area contributed by atoms with Crippen LogP contribution in [0, 0.1) is 5.92 Å². The Balaban J connectivity index is 2.05. The van der Waals surface area contributed by atoms with E-state index in [0.717, 1.165) is 18.7 Å². The van der Waals surface area contributed by atoms with Gasteiger partial charge in [-0.25, -0.2) is 4.98 Å². The monoisotopic (exact) mass is 265 g/mol. The van der Waals surface area contributed by atoms with Crippen molar-refractivity contribution in [3.8, 4) is 0 Å². The molecule has 1 aliphatic carbocycles. The van der Waals surface area contributed by atoms with Gasteiger partial charge in [-0.05, 0) is 32.9 Å². The lowest BCUT2D eigenvalue weighted by Crippen LogP contribution is -2.61. The second-order valence-electron chi connectivity index (χ2n) is 5.49. The molecule has 0 aliphatic heterocycles. The van der Waals surface area contributed by atoms with Gasteiger partial charge in [0.1, 0.15) is 11.4 Å². The van der Waals surface area contributed by atoms with Crippen molar-refractivity contribution in [2.45, 2.75) is 24.9 Å². The van der Waals surface area contributed by atoms with Crippen LogP contribution in [0.1, 0.15) is 18.7 Å². The van der Waals surface area contributed by atoms with Gasteiger partial charge in [-0.2, -0.15) is 0 Å². The van der Waals surface area contributed by atoms with Crippen molar-refractivity contribution in [2.75, 3.05) is 20.6 Å². The predicted octanol–water partition coefficient (Wildman–Crippen LogP) is -0.295. The molecule has 0 aromatic carbocycles. The van der Waals surface area contributed by atoms with E-state index in [0.29, 0.717) is 19.0 Å². The van der Waals surface area contributed by atoms with Gasteiger partial charge < -0.3 is 15.6 Å². The number of likely N-dealkylation sites (N-methyl/N-ethyl adjacent to an activating group) is 2. The van der Waals surface area contributed by atoms with E-state index in [-0.39, 0.29) is 5.91 Å². The number of amides is 1. The standard InChI is InChI=1S/C13H23N5O/c1-15-13(12(14)19,10-4-5-10)9-17(2)8-11-16-6-7-18(11)3/h6-7,10,15H,4-5,8-9H2,1-3H3,(H2,14,19). The summed E-state index contributed by atoms with van der Waals surface area (Å²) in [5, 5.41) is 3.16. The van der Waals surface area contributed by atoms with E-state index in [1.807, 2.05) is 31.9 Å². The SMILES string of the molecule is CNC(CN(C)Cc1nccn1C)(C(N)=O)C1CC1. The van der Waals surface area contributed by atoms with E-state index in [1.54, 1.807) is 6.20 Å². The van der Waals surface area contributed by atoms with Crippen LogP contribution in [-0.2, 0) is 18.4 Å². The molecule has 1 atom stereocenters. The number of hydrogen-bond donors (Lipinski definition) is 2. The molecule has 1 amide bonds. The lowest BCUT2D eigenvalue weighted by Gasteiger charge is -2.34. The molecule has 0 bridgehead atoms. The molecule has 1 heterocycles. The second kappa shape index (κ2) is 5.30. The first kappa shape index (κ1) is 14.0. The molecule has 0 saturated heterocycles. The Kier molecular flexibility index (Phi) is 3.91. The van der Waals surface area contributed by atoms with Gasteiger partial charge in [-0.1, -0.05) is 0 Å². The number of hydrogen-bond acceptors (Lipinski definition) is 4. The summed E-state index contributed by atoms with van der Waals surface area (Å²) in [6.45, 7) is 1.31. The second-order valence-corrected chi connectivity index (χ2v) is 5.49. The highest BCUT2D eigenvalue weighted by molar-refractivity contribution is 5.85. The molecule has 1 unspecified atom stereocenters. The number of primary amides is 1. The number of nitrogens with zero attached hydrogens (tertiary/aromatic N) is 3. The van der Waals surface area contributed by atoms with Crippen molar-refractivity contribution in [1.82, 2.24) is 19.8 Å². The lowest BCUT2D eigenvalue weighted by atomic mass is 9.91. The van der Waals surface area contributed by atoms with Crippen LogP contribution in [0.3, 0.4) is 0 Å². The first-order valence-corrected chi connectivity index (χ1v) is 6.63. The Bertz CT molecular complexity index is 454. The number of carbonyl (C=O) groups is 1. The maximum atomic E-state index is 11.9. The summed E-state index contributed by atoms with van der Waals surface area (Å²) in [5.74, 6) is 1.08. The number of nitrogens with two attached hydrogens (primary N) is 1. The van der Waals surface area contributed by atoms with Gasteiger partial charge in [0.05, 0.1) is 6.54 Å². The highest BCUT2D eigenvalue weighted by atomic mass is 16.1. The lowest BCUT2D eigenvalue weighted by molar-refractivity contribution is -0.126. The molecule has 106 valence electrons. The van der Waals surface area contributed by atoms with Crippen LogP contribution in [0.4, 0.5) is 0 Å². The van der Waals surface area contributed by atoms with Gasteiger partial charge in [-0.15, -0.1) is 0 Å². The summed E-state index contributed by atoms with van der Waals surface area (Å²) in [4.78, 5) is 18.3. The summed E-state index contributed by atoms with van der Waals surface area (Å²) in [6.07, 6.45) is 5.84. The van der Waals surface area contributed by atoms with Crippen LogP contribution >= 0.6 is 0 Å². The molecule has 19 heavy (non-hydrogen) atoms. The Morgan fingerprint density at radius 2 is 2.37 bits per heavy atom. The molecular formula is C13H23N5O. The zero-order valence-corrected chi connectivity index (χ0v) is 11.9. The third-order valence-electron chi connectivity index (χ3n) is 4.01. The topological polar surface area (TPSA) is 76.2 Å². The van der Waals surface area contributed by atoms with Crippen LogP contribution in [0.5, 0.6) is 0 Å². The van der Waals surface area contributed by atoms with Crippen LogP contribution in [0.25, 0.3) is 0 Å². The summed E-state index contributed by atoms with van der Waals surface area (Å²) >= 11 is 0. The van der Waals surface area contributed by atoms with Crippen molar-refractivity contribution in [3.63, 3.8) is 0 Å². The van der Waals surface area contributed by atoms with Crippen molar-refractivity contribution in [1.29, 1.82) is 0 Å². The number of carbonyl (C=O) groups excluding carboxylic acids is 1. The fourth-order valence-electron chi connectivity index (χ4n) is 2.66. The molecule has 6 nitrogen and oxygen atoms in total. The van der Waals surface area contributed by atoms with E-state index in [9.17, 15) is 4.79 Å². The highest BCUT2D eigenvalue weighted by Gasteiger charge is 2.49. The van der Waals surface area contributed by atoms with E-state index < -0.39 is 5.54 Å². The van der Waals surface area contributed by atoms with Gasteiger partial charge in [0, 0.05) is 26.0 Å². The van der Waals surface area contributed by atoms with Crippen LogP contribution in [0.15, 0.2) is 12.4 Å². The maximum Gasteiger partial charge on any atom is 0.239 e. The zero-order valence-electron chi connectivity index (χ0n) is 11.9. The van der Waals surface area contributed by atoms with Crippen molar-refractivity contribution in [2.24, 2.45) is 18.7 Å². The fraction of sp³-hybridized carbons (Fsp3) is 0.692. The quantitative estimate of drug-likeness (QED) is 0.710. The van der Waals surface area contributed by atoms with Gasteiger partial charge in [0.25, 0.3) is 0 Å². The number of aryl methyl sites for hydroxylation is 1. The van der Waals surface area contributed by atoms with Gasteiger partial charge in [-0.3, -0.25) is 9.69 Å². The van der Waals surface area contributed by atoms with Crippen LogP contribution in [-0.4, -0.2) is 46.5 Å². The van der Waals surface area contributed by atoms with E-state index in [4.69, 9.17) is 5.73 Å². The van der Waals surface area contributed by atoms with E-state index in [2.05, 4.69) is 15.2 Å². The number of imidazole rings is 1. The third-order valence-corrected chi connectivity index (χ3v) is 4.01. The van der Waals surface area contributed by atoms with Gasteiger partial charge in [0.2, 0.25) is 5.91 Å². The Morgan fingerprint density at radius 1 is 1.68 bits per heavy atom. The minimum atomic E-state index is -0.611. The van der Waals surface area contributed by atoms with Crippen molar-refractivity contribution in [3.05, 3.63) is 18.2 Å². The molecule has 6 heteroatoms. The Morgan fingerprint density at radius 3 is 2.79 bits per heavy atom. The minimum Gasteiger partial charge on any atom is -0.368 e. The van der Waals surface area contributed by atoms with Crippen LogP contribution in [0.2, 0.25) is 0 Å². The van der Waals surface area contributed by atoms with Crippen LogP contribution < -0.4 is 11.1 Å². The number of nitrogens with one attached hydrogen (secondary N) is 1. The summed E-state index contributed by atoms with van der Waals surface area (Å²) < 4.78 is 1.99.